The molecule has 0 aliphatic heterocycles. The van der Waals surface area contributed by atoms with Crippen LogP contribution in [0.15, 0.2) is 83.3 Å². The monoisotopic (exact) mass is 564 g/mol. The quantitative estimate of drug-likeness (QED) is 0.278. The summed E-state index contributed by atoms with van der Waals surface area (Å²) in [5, 5.41) is 3.05. The van der Waals surface area contributed by atoms with E-state index >= 15 is 0 Å². The van der Waals surface area contributed by atoms with Crippen LogP contribution in [0.4, 0.5) is 0 Å². The Morgan fingerprint density at radius 3 is 2.24 bits per heavy atom. The maximum Gasteiger partial charge on any atom is 0.261 e. The van der Waals surface area contributed by atoms with E-state index in [0.29, 0.717) is 31.2 Å². The summed E-state index contributed by atoms with van der Waals surface area (Å²) in [7, 11) is 0. The second-order valence-corrected chi connectivity index (χ2v) is 10.9. The predicted octanol–water partition coefficient (Wildman–Crippen LogP) is 6.36. The van der Waals surface area contributed by atoms with Crippen LogP contribution in [-0.4, -0.2) is 35.9 Å². The number of rotatable bonds is 12. The Morgan fingerprint density at radius 2 is 1.57 bits per heavy atom. The number of benzene rings is 3. The first-order chi connectivity index (χ1) is 17.7. The minimum Gasteiger partial charge on any atom is -0.483 e. The lowest BCUT2D eigenvalue weighted by Gasteiger charge is -2.32. The molecule has 0 bridgehead atoms. The summed E-state index contributed by atoms with van der Waals surface area (Å²) in [4.78, 5) is 28.9. The van der Waals surface area contributed by atoms with Crippen molar-refractivity contribution in [3.8, 4) is 5.75 Å². The Balaban J connectivity index is 1.92. The molecule has 0 fully saturated rings. The number of para-hydroxylation sites is 1. The number of carbonyl (C=O) groups is 2. The number of amides is 2. The molecule has 0 heterocycles. The highest BCUT2D eigenvalue weighted by Crippen LogP contribution is 2.26. The molecule has 1 unspecified atom stereocenters. The molecule has 3 rings (SSSR count). The van der Waals surface area contributed by atoms with Gasteiger partial charge in [-0.05, 0) is 46.7 Å². The van der Waals surface area contributed by atoms with E-state index in [0.717, 1.165) is 21.2 Å². The van der Waals surface area contributed by atoms with E-state index in [-0.39, 0.29) is 24.3 Å². The molecule has 0 spiro atoms. The summed E-state index contributed by atoms with van der Waals surface area (Å²) in [6, 6.07) is 24.7. The van der Waals surface area contributed by atoms with Crippen molar-refractivity contribution >= 4 is 27.7 Å². The fourth-order valence-corrected chi connectivity index (χ4v) is 4.57. The predicted molar refractivity (Wildman–Crippen MR) is 152 cm³/mol. The van der Waals surface area contributed by atoms with Crippen LogP contribution in [0.1, 0.15) is 50.3 Å². The van der Waals surface area contributed by atoms with E-state index in [2.05, 4.69) is 48.9 Å². The van der Waals surface area contributed by atoms with Gasteiger partial charge in [-0.3, -0.25) is 9.59 Å². The maximum atomic E-state index is 13.8. The molecule has 5 nitrogen and oxygen atoms in total. The summed E-state index contributed by atoms with van der Waals surface area (Å²) in [5.74, 6) is 0.850. The van der Waals surface area contributed by atoms with Crippen molar-refractivity contribution in [1.29, 1.82) is 0 Å². The van der Waals surface area contributed by atoms with Crippen LogP contribution in [0.2, 0.25) is 0 Å². The van der Waals surface area contributed by atoms with Gasteiger partial charge in [0, 0.05) is 24.0 Å². The Labute approximate surface area is 229 Å². The molecule has 2 amide bonds. The van der Waals surface area contributed by atoms with E-state index in [4.69, 9.17) is 4.74 Å². The van der Waals surface area contributed by atoms with E-state index in [1.807, 2.05) is 78.9 Å². The highest BCUT2D eigenvalue weighted by Gasteiger charge is 2.31. The number of ether oxygens (including phenoxy) is 1. The Bertz CT molecular complexity index is 1160. The second-order valence-electron chi connectivity index (χ2n) is 9.98. The number of hydrogen-bond donors (Lipinski definition) is 1. The second kappa shape index (κ2) is 14.0. The number of halogens is 1. The van der Waals surface area contributed by atoms with Gasteiger partial charge in [0.1, 0.15) is 11.8 Å². The fraction of sp³-hybridized carbons (Fsp3) is 0.355. The van der Waals surface area contributed by atoms with Gasteiger partial charge < -0.3 is 15.0 Å². The number of nitrogens with one attached hydrogen (secondary N) is 1. The molecule has 0 saturated heterocycles. The molecule has 0 aliphatic carbocycles. The van der Waals surface area contributed by atoms with Crippen molar-refractivity contribution in [1.82, 2.24) is 10.2 Å². The smallest absolute Gasteiger partial charge is 0.261 e. The van der Waals surface area contributed by atoms with E-state index in [9.17, 15) is 9.59 Å². The largest absolute Gasteiger partial charge is 0.483 e. The van der Waals surface area contributed by atoms with Gasteiger partial charge in [0.2, 0.25) is 5.91 Å². The fourth-order valence-electron chi connectivity index (χ4n) is 4.12. The molecule has 3 aromatic carbocycles. The summed E-state index contributed by atoms with van der Waals surface area (Å²) in [6.45, 7) is 8.98. The third-order valence-electron chi connectivity index (χ3n) is 6.09. The topological polar surface area (TPSA) is 58.6 Å². The molecule has 37 heavy (non-hydrogen) atoms. The minimum atomic E-state index is -0.684. The molecule has 0 aliphatic rings. The maximum absolute atomic E-state index is 13.8. The first-order valence-electron chi connectivity index (χ1n) is 12.8. The summed E-state index contributed by atoms with van der Waals surface area (Å²) in [5.41, 5.74) is 2.97. The third-order valence-corrected chi connectivity index (χ3v) is 6.58. The molecule has 1 N–H and O–H groups in total. The van der Waals surface area contributed by atoms with Gasteiger partial charge >= 0.3 is 0 Å². The number of hydrogen-bond acceptors (Lipinski definition) is 3. The molecular formula is C31H37BrN2O3. The molecule has 0 aromatic heterocycles. The van der Waals surface area contributed by atoms with Gasteiger partial charge in [-0.1, -0.05) is 104 Å². The lowest BCUT2D eigenvalue weighted by atomic mass is 10.0. The van der Waals surface area contributed by atoms with Crippen LogP contribution in [0, 0.1) is 5.92 Å². The Kier molecular flexibility index (Phi) is 10.8. The van der Waals surface area contributed by atoms with Crippen molar-refractivity contribution in [2.24, 2.45) is 5.92 Å². The van der Waals surface area contributed by atoms with Gasteiger partial charge in [0.25, 0.3) is 5.91 Å². The highest BCUT2D eigenvalue weighted by atomic mass is 79.9. The van der Waals surface area contributed by atoms with Gasteiger partial charge in [-0.2, -0.15) is 0 Å². The van der Waals surface area contributed by atoms with E-state index in [1.54, 1.807) is 4.90 Å². The van der Waals surface area contributed by atoms with Crippen LogP contribution >= 0.6 is 15.9 Å². The van der Waals surface area contributed by atoms with Crippen LogP contribution in [-0.2, 0) is 22.6 Å². The molecule has 196 valence electrons. The standard InChI is InChI=1S/C31H37BrN2O3/c1-22(2)19-33-31(36)28(18-24-11-6-5-7-12-24)34(20-25-13-10-14-26(32)17-25)30(35)21-37-29-16-9-8-15-27(29)23(3)4/h5-17,22-23,28H,18-21H2,1-4H3,(H,33,36). The Morgan fingerprint density at radius 1 is 0.892 bits per heavy atom. The van der Waals surface area contributed by atoms with Gasteiger partial charge in [-0.25, -0.2) is 0 Å². The lowest BCUT2D eigenvalue weighted by Crippen LogP contribution is -2.52. The van der Waals surface area contributed by atoms with Crippen molar-refractivity contribution in [2.45, 2.75) is 52.6 Å². The first-order valence-corrected chi connectivity index (χ1v) is 13.6. The zero-order valence-corrected chi connectivity index (χ0v) is 23.7. The van der Waals surface area contributed by atoms with E-state index < -0.39 is 6.04 Å². The summed E-state index contributed by atoms with van der Waals surface area (Å²) < 4.78 is 6.97. The van der Waals surface area contributed by atoms with Crippen LogP contribution < -0.4 is 10.1 Å². The molecule has 6 heteroatoms. The third kappa shape index (κ3) is 8.74. The van der Waals surface area contributed by atoms with Crippen LogP contribution in [0.25, 0.3) is 0 Å². The molecule has 0 saturated carbocycles. The van der Waals surface area contributed by atoms with Crippen LogP contribution in [0.5, 0.6) is 5.75 Å². The summed E-state index contributed by atoms with van der Waals surface area (Å²) in [6.07, 6.45) is 0.410. The molecule has 0 radical (unpaired) electrons. The molecule has 1 atom stereocenters. The minimum absolute atomic E-state index is 0.152. The van der Waals surface area contributed by atoms with Crippen LogP contribution in [0.3, 0.4) is 0 Å². The highest BCUT2D eigenvalue weighted by molar-refractivity contribution is 9.10. The molecule has 3 aromatic rings. The SMILES string of the molecule is CC(C)CNC(=O)C(Cc1ccccc1)N(Cc1cccc(Br)c1)C(=O)COc1ccccc1C(C)C. The van der Waals surface area contributed by atoms with Crippen molar-refractivity contribution in [3.63, 3.8) is 0 Å². The molecular weight excluding hydrogens is 528 g/mol. The zero-order chi connectivity index (χ0) is 26.8. The summed E-state index contributed by atoms with van der Waals surface area (Å²) >= 11 is 3.53. The average Bonchev–Trinajstić information content (AvgIpc) is 2.88. The van der Waals surface area contributed by atoms with Gasteiger partial charge in [0.15, 0.2) is 6.61 Å². The first kappa shape index (κ1) is 28.5. The van der Waals surface area contributed by atoms with Crippen molar-refractivity contribution in [3.05, 3.63) is 100 Å². The van der Waals surface area contributed by atoms with E-state index in [1.165, 1.54) is 0 Å². The van der Waals surface area contributed by atoms with Gasteiger partial charge in [0.05, 0.1) is 0 Å². The zero-order valence-electron chi connectivity index (χ0n) is 22.1. The normalized spacial score (nSPS) is 11.9. The lowest BCUT2D eigenvalue weighted by molar-refractivity contribution is -0.142. The van der Waals surface area contributed by atoms with Crippen molar-refractivity contribution in [2.75, 3.05) is 13.2 Å². The Hall–Kier alpha value is -3.12. The van der Waals surface area contributed by atoms with Crippen molar-refractivity contribution < 1.29 is 14.3 Å². The number of carbonyl (C=O) groups excluding carboxylic acids is 2. The number of nitrogens with zero attached hydrogens (tertiary/aromatic N) is 1. The van der Waals surface area contributed by atoms with Gasteiger partial charge in [-0.15, -0.1) is 0 Å². The average molecular weight is 566 g/mol.